The topological polar surface area (TPSA) is 9.23 Å². The predicted octanol–water partition coefficient (Wildman–Crippen LogP) is 4.72. The average Bonchev–Trinajstić information content (AvgIpc) is 2.38. The molecule has 2 rings (SSSR count). The Hall–Kier alpha value is -0.300. The van der Waals surface area contributed by atoms with Crippen LogP contribution in [0.4, 0.5) is 0 Å². The predicted molar refractivity (Wildman–Crippen MR) is 73.1 cm³/mol. The van der Waals surface area contributed by atoms with Gasteiger partial charge >= 0.3 is 0 Å². The highest BCUT2D eigenvalue weighted by Crippen LogP contribution is 2.35. The molecule has 0 N–H and O–H groups in total. The summed E-state index contributed by atoms with van der Waals surface area (Å²) in [6, 6.07) is 0. The van der Waals surface area contributed by atoms with Gasteiger partial charge in [-0.15, -0.1) is 0 Å². The minimum atomic E-state index is 0.372. The number of rotatable bonds is 4. The maximum atomic E-state index is 6.28. The fourth-order valence-electron chi connectivity index (χ4n) is 3.45. The van der Waals surface area contributed by atoms with Crippen molar-refractivity contribution in [2.24, 2.45) is 11.8 Å². The second-order valence-electron chi connectivity index (χ2n) is 6.07. The summed E-state index contributed by atoms with van der Waals surface area (Å²) in [6.07, 6.45) is 16.7. The normalized spacial score (nSPS) is 28.5. The summed E-state index contributed by atoms with van der Waals surface area (Å²) < 4.78 is 6.28. The molecule has 1 saturated carbocycles. The summed E-state index contributed by atoms with van der Waals surface area (Å²) in [5.74, 6) is 1.51. The molecule has 1 nitrogen and oxygen atoms in total. The van der Waals surface area contributed by atoms with Crippen molar-refractivity contribution in [1.29, 1.82) is 0 Å². The summed E-state index contributed by atoms with van der Waals surface area (Å²) >= 11 is 0. The molecule has 1 heteroatoms. The van der Waals surface area contributed by atoms with Gasteiger partial charge in [0.2, 0.25) is 0 Å². The van der Waals surface area contributed by atoms with Gasteiger partial charge in [-0.25, -0.2) is 0 Å². The van der Waals surface area contributed by atoms with Crippen LogP contribution in [-0.2, 0) is 4.74 Å². The number of allylic oxidation sites excluding steroid dienone is 1. The molecule has 0 heterocycles. The van der Waals surface area contributed by atoms with E-state index in [-0.39, 0.29) is 0 Å². The molecule has 0 aromatic carbocycles. The van der Waals surface area contributed by atoms with E-state index in [1.165, 1.54) is 51.4 Å². The molecule has 2 unspecified atom stereocenters. The molecule has 2 aliphatic rings. The summed E-state index contributed by atoms with van der Waals surface area (Å²) in [4.78, 5) is 0. The van der Waals surface area contributed by atoms with Gasteiger partial charge in [-0.2, -0.15) is 0 Å². The van der Waals surface area contributed by atoms with Crippen molar-refractivity contribution in [1.82, 2.24) is 0 Å². The van der Waals surface area contributed by atoms with Crippen LogP contribution in [0.3, 0.4) is 0 Å². The van der Waals surface area contributed by atoms with E-state index in [0.29, 0.717) is 18.1 Å². The van der Waals surface area contributed by atoms with Gasteiger partial charge in [0, 0.05) is 5.92 Å². The van der Waals surface area contributed by atoms with E-state index in [1.807, 2.05) is 0 Å². The van der Waals surface area contributed by atoms with Gasteiger partial charge in [0.25, 0.3) is 0 Å². The fraction of sp³-hybridized carbons (Fsp3) is 0.875. The Morgan fingerprint density at radius 3 is 2.35 bits per heavy atom. The van der Waals surface area contributed by atoms with Gasteiger partial charge in [0.15, 0.2) is 0 Å². The number of hydrogen-bond acceptors (Lipinski definition) is 1. The van der Waals surface area contributed by atoms with Gasteiger partial charge in [-0.05, 0) is 51.9 Å². The van der Waals surface area contributed by atoms with Crippen molar-refractivity contribution in [2.75, 3.05) is 0 Å². The Morgan fingerprint density at radius 2 is 1.76 bits per heavy atom. The Kier molecular flexibility index (Phi) is 5.09. The maximum absolute atomic E-state index is 6.28. The van der Waals surface area contributed by atoms with Gasteiger partial charge in [0.05, 0.1) is 12.2 Å². The van der Waals surface area contributed by atoms with Crippen LogP contribution in [0, 0.1) is 11.8 Å². The molecule has 17 heavy (non-hydrogen) atoms. The van der Waals surface area contributed by atoms with E-state index in [4.69, 9.17) is 4.74 Å². The molecule has 0 aromatic rings. The molecular weight excluding hydrogens is 208 g/mol. The van der Waals surface area contributed by atoms with Crippen molar-refractivity contribution >= 4 is 0 Å². The first-order chi connectivity index (χ1) is 8.27. The molecule has 2 aliphatic carbocycles. The van der Waals surface area contributed by atoms with Crippen molar-refractivity contribution in [3.8, 4) is 0 Å². The minimum absolute atomic E-state index is 0.372. The third-order valence-electron chi connectivity index (χ3n) is 4.26. The van der Waals surface area contributed by atoms with Crippen LogP contribution >= 0.6 is 0 Å². The van der Waals surface area contributed by atoms with Crippen LogP contribution in [0.5, 0.6) is 0 Å². The Bertz CT molecular complexity index is 238. The van der Waals surface area contributed by atoms with Crippen molar-refractivity contribution in [3.63, 3.8) is 0 Å². The zero-order chi connectivity index (χ0) is 12.1. The van der Waals surface area contributed by atoms with Crippen LogP contribution in [0.15, 0.2) is 12.2 Å². The second-order valence-corrected chi connectivity index (χ2v) is 6.07. The third-order valence-corrected chi connectivity index (χ3v) is 4.26. The first-order valence-corrected chi connectivity index (χ1v) is 7.59. The first kappa shape index (κ1) is 13.1. The molecule has 0 radical (unpaired) electrons. The minimum Gasteiger partial charge on any atom is -0.375 e. The lowest BCUT2D eigenvalue weighted by Gasteiger charge is -2.36. The highest BCUT2D eigenvalue weighted by atomic mass is 16.5. The molecule has 0 aromatic heterocycles. The van der Waals surface area contributed by atoms with E-state index < -0.39 is 0 Å². The van der Waals surface area contributed by atoms with Crippen molar-refractivity contribution < 1.29 is 4.74 Å². The van der Waals surface area contributed by atoms with Crippen LogP contribution in [-0.4, -0.2) is 12.2 Å². The molecule has 98 valence electrons. The lowest BCUT2D eigenvalue weighted by atomic mass is 9.77. The molecule has 0 saturated heterocycles. The summed E-state index contributed by atoms with van der Waals surface area (Å²) in [5, 5.41) is 0. The van der Waals surface area contributed by atoms with Gasteiger partial charge < -0.3 is 4.74 Å². The molecule has 1 fully saturated rings. The first-order valence-electron chi connectivity index (χ1n) is 7.59. The molecular formula is C16H28O. The van der Waals surface area contributed by atoms with E-state index in [9.17, 15) is 0 Å². The van der Waals surface area contributed by atoms with Crippen LogP contribution < -0.4 is 0 Å². The fourth-order valence-corrected chi connectivity index (χ4v) is 3.45. The van der Waals surface area contributed by atoms with E-state index in [0.717, 1.165) is 5.92 Å². The van der Waals surface area contributed by atoms with Gasteiger partial charge in [-0.3, -0.25) is 0 Å². The quantitative estimate of drug-likeness (QED) is 0.642. The summed E-state index contributed by atoms with van der Waals surface area (Å²) in [6.45, 7) is 4.37. The maximum Gasteiger partial charge on any atom is 0.0669 e. The lowest BCUT2D eigenvalue weighted by Crippen LogP contribution is -2.35. The lowest BCUT2D eigenvalue weighted by molar-refractivity contribution is -0.0602. The highest BCUT2D eigenvalue weighted by molar-refractivity contribution is 4.98. The average molecular weight is 236 g/mol. The Balaban J connectivity index is 2.00. The van der Waals surface area contributed by atoms with Crippen molar-refractivity contribution in [2.45, 2.75) is 77.4 Å². The zero-order valence-electron chi connectivity index (χ0n) is 11.5. The van der Waals surface area contributed by atoms with Crippen LogP contribution in [0.1, 0.15) is 65.2 Å². The summed E-state index contributed by atoms with van der Waals surface area (Å²) in [7, 11) is 0. The number of ether oxygens (including phenoxy) is 1. The summed E-state index contributed by atoms with van der Waals surface area (Å²) in [5.41, 5.74) is 0. The second kappa shape index (κ2) is 6.58. The standard InChI is InChI=1S/C16H28O/c1-13(2)17-16(14-9-5-3-6-10-14)15-11-7-4-8-12-15/h5,9,13-16H,3-4,6-8,10-12H2,1-2H3. The molecule has 0 aliphatic heterocycles. The van der Waals surface area contributed by atoms with Crippen LogP contribution in [0.2, 0.25) is 0 Å². The Morgan fingerprint density at radius 1 is 1.00 bits per heavy atom. The molecule has 0 bridgehead atoms. The van der Waals surface area contributed by atoms with E-state index in [1.54, 1.807) is 0 Å². The zero-order valence-corrected chi connectivity index (χ0v) is 11.5. The molecule has 2 atom stereocenters. The van der Waals surface area contributed by atoms with Gasteiger partial charge in [0.1, 0.15) is 0 Å². The van der Waals surface area contributed by atoms with E-state index >= 15 is 0 Å². The Labute approximate surface area is 107 Å². The molecule has 0 spiro atoms. The van der Waals surface area contributed by atoms with Crippen LogP contribution in [0.25, 0.3) is 0 Å². The molecule has 0 amide bonds. The van der Waals surface area contributed by atoms with Crippen molar-refractivity contribution in [3.05, 3.63) is 12.2 Å². The SMILES string of the molecule is CC(C)OC(C1C=CCCC1)C1CCCCC1. The largest absolute Gasteiger partial charge is 0.375 e. The number of hydrogen-bond donors (Lipinski definition) is 0. The highest BCUT2D eigenvalue weighted by Gasteiger charge is 2.31. The monoisotopic (exact) mass is 236 g/mol. The smallest absolute Gasteiger partial charge is 0.0669 e. The van der Waals surface area contributed by atoms with Gasteiger partial charge in [-0.1, -0.05) is 31.4 Å². The van der Waals surface area contributed by atoms with E-state index in [2.05, 4.69) is 26.0 Å². The third kappa shape index (κ3) is 3.84.